The molecule has 0 unspecified atom stereocenters. The lowest BCUT2D eigenvalue weighted by atomic mass is 10.2. The van der Waals surface area contributed by atoms with Crippen LogP contribution in [0.2, 0.25) is 0 Å². The van der Waals surface area contributed by atoms with Crippen LogP contribution in [-0.4, -0.2) is 17.3 Å². The van der Waals surface area contributed by atoms with E-state index >= 15 is 0 Å². The third-order valence-corrected chi connectivity index (χ3v) is 2.78. The largest absolute Gasteiger partial charge is 0.388 e. The van der Waals surface area contributed by atoms with Crippen LogP contribution in [0.4, 0.5) is 0 Å². The van der Waals surface area contributed by atoms with Gasteiger partial charge in [0, 0.05) is 6.42 Å². The normalized spacial score (nSPS) is 10.1. The zero-order valence-electron chi connectivity index (χ0n) is 7.94. The fourth-order valence-electron chi connectivity index (χ4n) is 0.868. The van der Waals surface area contributed by atoms with Crippen molar-refractivity contribution in [2.24, 2.45) is 5.73 Å². The van der Waals surface area contributed by atoms with Crippen molar-refractivity contribution in [2.45, 2.75) is 39.0 Å². The monoisotopic (exact) mass is 188 g/mol. The van der Waals surface area contributed by atoms with Crippen LogP contribution in [0.1, 0.15) is 39.0 Å². The third-order valence-electron chi connectivity index (χ3n) is 1.63. The number of nitrogens with two attached hydrogens (primary N) is 1. The summed E-state index contributed by atoms with van der Waals surface area (Å²) in [4.78, 5) is 0. The molecule has 0 saturated carbocycles. The van der Waals surface area contributed by atoms with Crippen molar-refractivity contribution in [3.63, 3.8) is 0 Å². The number of hydrogen-bond donors (Lipinski definition) is 2. The molecule has 0 bridgehead atoms. The van der Waals surface area contributed by atoms with Gasteiger partial charge in [-0.15, -0.1) is 0 Å². The SMILES string of the molecule is CCCCSCCCCC(=N)N. The van der Waals surface area contributed by atoms with Gasteiger partial charge >= 0.3 is 0 Å². The molecule has 0 aromatic heterocycles. The van der Waals surface area contributed by atoms with Crippen LogP contribution < -0.4 is 5.73 Å². The molecule has 0 aromatic carbocycles. The number of hydrogen-bond acceptors (Lipinski definition) is 2. The van der Waals surface area contributed by atoms with Crippen LogP contribution in [0.3, 0.4) is 0 Å². The van der Waals surface area contributed by atoms with Gasteiger partial charge in [0.1, 0.15) is 0 Å². The molecular weight excluding hydrogens is 168 g/mol. The minimum atomic E-state index is 0.327. The topological polar surface area (TPSA) is 49.9 Å². The summed E-state index contributed by atoms with van der Waals surface area (Å²) < 4.78 is 0. The Balaban J connectivity index is 2.86. The third kappa shape index (κ3) is 9.82. The predicted molar refractivity (Wildman–Crippen MR) is 58.0 cm³/mol. The lowest BCUT2D eigenvalue weighted by molar-refractivity contribution is 0.833. The Morgan fingerprint density at radius 3 is 2.50 bits per heavy atom. The number of unbranched alkanes of at least 4 members (excludes halogenated alkanes) is 2. The number of rotatable bonds is 8. The molecule has 0 amide bonds. The first-order valence-corrected chi connectivity index (χ1v) is 5.83. The highest BCUT2D eigenvalue weighted by Crippen LogP contribution is 2.08. The number of nitrogens with one attached hydrogen (secondary N) is 1. The number of thioether (sulfide) groups is 1. The second-order valence-electron chi connectivity index (χ2n) is 2.95. The smallest absolute Gasteiger partial charge is 0.0905 e. The Hall–Kier alpha value is -0.180. The summed E-state index contributed by atoms with van der Waals surface area (Å²) in [6.45, 7) is 2.22. The first kappa shape index (κ1) is 11.8. The van der Waals surface area contributed by atoms with E-state index < -0.39 is 0 Å². The summed E-state index contributed by atoms with van der Waals surface area (Å²) in [6.07, 6.45) is 5.68. The van der Waals surface area contributed by atoms with Crippen LogP contribution in [0.15, 0.2) is 0 Å². The highest BCUT2D eigenvalue weighted by Gasteiger charge is 1.91. The van der Waals surface area contributed by atoms with Gasteiger partial charge in [0.15, 0.2) is 0 Å². The van der Waals surface area contributed by atoms with Gasteiger partial charge in [-0.05, 0) is 30.8 Å². The van der Waals surface area contributed by atoms with Crippen LogP contribution >= 0.6 is 11.8 Å². The van der Waals surface area contributed by atoms with Crippen LogP contribution in [0, 0.1) is 5.41 Å². The van der Waals surface area contributed by atoms with Crippen molar-refractivity contribution in [3.8, 4) is 0 Å². The van der Waals surface area contributed by atoms with E-state index in [2.05, 4.69) is 6.92 Å². The molecular formula is C9H20N2S. The second kappa shape index (κ2) is 8.91. The van der Waals surface area contributed by atoms with Crippen molar-refractivity contribution in [3.05, 3.63) is 0 Å². The highest BCUT2D eigenvalue weighted by molar-refractivity contribution is 7.99. The first-order chi connectivity index (χ1) is 5.77. The minimum absolute atomic E-state index is 0.327. The van der Waals surface area contributed by atoms with Gasteiger partial charge in [-0.3, -0.25) is 5.41 Å². The summed E-state index contributed by atoms with van der Waals surface area (Å²) in [7, 11) is 0. The average Bonchev–Trinajstić information content (AvgIpc) is 2.02. The van der Waals surface area contributed by atoms with Gasteiger partial charge in [0.05, 0.1) is 5.84 Å². The number of amidine groups is 1. The maximum atomic E-state index is 7.01. The Kier molecular flexibility index (Phi) is 8.78. The van der Waals surface area contributed by atoms with Crippen molar-refractivity contribution in [1.29, 1.82) is 5.41 Å². The van der Waals surface area contributed by atoms with Crippen molar-refractivity contribution in [1.82, 2.24) is 0 Å². The Morgan fingerprint density at radius 1 is 1.25 bits per heavy atom. The molecule has 0 saturated heterocycles. The standard InChI is InChI=1S/C9H20N2S/c1-2-3-7-12-8-5-4-6-9(10)11/h2-8H2,1H3,(H3,10,11). The second-order valence-corrected chi connectivity index (χ2v) is 4.17. The van der Waals surface area contributed by atoms with E-state index in [9.17, 15) is 0 Å². The molecule has 0 heterocycles. The fraction of sp³-hybridized carbons (Fsp3) is 0.889. The highest BCUT2D eigenvalue weighted by atomic mass is 32.2. The molecule has 0 aromatic rings. The lowest BCUT2D eigenvalue weighted by Crippen LogP contribution is -2.08. The van der Waals surface area contributed by atoms with Crippen molar-refractivity contribution >= 4 is 17.6 Å². The Labute approximate surface area is 79.8 Å². The van der Waals surface area contributed by atoms with E-state index in [4.69, 9.17) is 11.1 Å². The average molecular weight is 188 g/mol. The maximum Gasteiger partial charge on any atom is 0.0905 e. The molecule has 0 aliphatic carbocycles. The fourth-order valence-corrected chi connectivity index (χ4v) is 1.97. The van der Waals surface area contributed by atoms with Crippen molar-refractivity contribution < 1.29 is 0 Å². The van der Waals surface area contributed by atoms with Gasteiger partial charge in [-0.1, -0.05) is 13.3 Å². The molecule has 0 aliphatic rings. The summed E-state index contributed by atoms with van der Waals surface area (Å²) in [5.74, 6) is 2.85. The van der Waals surface area contributed by atoms with Gasteiger partial charge in [-0.2, -0.15) is 11.8 Å². The predicted octanol–water partition coefficient (Wildman–Crippen LogP) is 2.63. The summed E-state index contributed by atoms with van der Waals surface area (Å²) >= 11 is 2.02. The zero-order valence-corrected chi connectivity index (χ0v) is 8.75. The molecule has 72 valence electrons. The molecule has 3 N–H and O–H groups in total. The first-order valence-electron chi connectivity index (χ1n) is 4.68. The van der Waals surface area contributed by atoms with Crippen molar-refractivity contribution in [2.75, 3.05) is 11.5 Å². The molecule has 0 fully saturated rings. The molecule has 0 atom stereocenters. The van der Waals surface area contributed by atoms with E-state index in [1.165, 1.54) is 30.8 Å². The maximum absolute atomic E-state index is 7.01. The summed E-state index contributed by atoms with van der Waals surface area (Å²) in [6, 6.07) is 0. The molecule has 12 heavy (non-hydrogen) atoms. The molecule has 0 radical (unpaired) electrons. The Morgan fingerprint density at radius 2 is 1.92 bits per heavy atom. The van der Waals surface area contributed by atoms with Crippen LogP contribution in [-0.2, 0) is 0 Å². The minimum Gasteiger partial charge on any atom is -0.388 e. The van der Waals surface area contributed by atoms with E-state index in [1.54, 1.807) is 0 Å². The van der Waals surface area contributed by atoms with E-state index in [-0.39, 0.29) is 0 Å². The van der Waals surface area contributed by atoms with Gasteiger partial charge in [0.2, 0.25) is 0 Å². The molecule has 2 nitrogen and oxygen atoms in total. The Bertz CT molecular complexity index is 115. The quantitative estimate of drug-likeness (QED) is 0.349. The molecule has 0 aliphatic heterocycles. The molecule has 0 rings (SSSR count). The van der Waals surface area contributed by atoms with Gasteiger partial charge < -0.3 is 5.73 Å². The van der Waals surface area contributed by atoms with E-state index in [0.29, 0.717) is 5.84 Å². The molecule has 3 heteroatoms. The summed E-state index contributed by atoms with van der Waals surface area (Å²) in [5, 5.41) is 7.01. The van der Waals surface area contributed by atoms with E-state index in [0.717, 1.165) is 12.8 Å². The van der Waals surface area contributed by atoms with Gasteiger partial charge in [-0.25, -0.2) is 0 Å². The van der Waals surface area contributed by atoms with Crippen LogP contribution in [0.5, 0.6) is 0 Å². The lowest BCUT2D eigenvalue weighted by Gasteiger charge is -1.99. The van der Waals surface area contributed by atoms with Crippen LogP contribution in [0.25, 0.3) is 0 Å². The van der Waals surface area contributed by atoms with E-state index in [1.807, 2.05) is 11.8 Å². The molecule has 0 spiro atoms. The summed E-state index contributed by atoms with van der Waals surface area (Å²) in [5.41, 5.74) is 5.23. The van der Waals surface area contributed by atoms with Gasteiger partial charge in [0.25, 0.3) is 0 Å². The zero-order chi connectivity index (χ0) is 9.23.